The maximum Gasteiger partial charge on any atom is 0.254 e. The summed E-state index contributed by atoms with van der Waals surface area (Å²) in [6, 6.07) is 3.93. The Morgan fingerprint density at radius 3 is 2.40 bits per heavy atom. The van der Waals surface area contributed by atoms with Gasteiger partial charge in [0, 0.05) is 35.0 Å². The Hall–Kier alpha value is -1.79. The SMILES string of the molecule is CC1(C)Oc2cc(C(=O)N3C4CC5CC3CC(C4)O5)cc(O)c2[C@@H]2C[C@H](O)CC[C@H]21. The zero-order chi connectivity index (χ0) is 20.8. The molecule has 6 heteroatoms. The first-order chi connectivity index (χ1) is 14.3. The lowest BCUT2D eigenvalue weighted by Crippen LogP contribution is -2.63. The number of piperidine rings is 2. The average Bonchev–Trinajstić information content (AvgIpc) is 2.65. The van der Waals surface area contributed by atoms with Crippen LogP contribution in [0.5, 0.6) is 11.5 Å². The second kappa shape index (κ2) is 6.36. The Kier molecular flexibility index (Phi) is 4.02. The third-order valence-electron chi connectivity index (χ3n) is 8.37. The van der Waals surface area contributed by atoms with Crippen molar-refractivity contribution in [3.63, 3.8) is 0 Å². The molecule has 5 aliphatic heterocycles. The van der Waals surface area contributed by atoms with E-state index in [1.165, 1.54) is 0 Å². The Bertz CT molecular complexity index is 868. The van der Waals surface area contributed by atoms with Gasteiger partial charge < -0.3 is 24.6 Å². The van der Waals surface area contributed by atoms with Crippen LogP contribution in [0.3, 0.4) is 0 Å². The Balaban J connectivity index is 1.36. The molecule has 0 radical (unpaired) electrons. The van der Waals surface area contributed by atoms with E-state index in [0.717, 1.165) is 44.1 Å². The van der Waals surface area contributed by atoms with Crippen molar-refractivity contribution in [1.82, 2.24) is 4.90 Å². The quantitative estimate of drug-likeness (QED) is 0.738. The monoisotopic (exact) mass is 413 g/mol. The third-order valence-corrected chi connectivity index (χ3v) is 8.37. The van der Waals surface area contributed by atoms with Gasteiger partial charge in [-0.1, -0.05) is 0 Å². The maximum atomic E-state index is 13.5. The average molecular weight is 414 g/mol. The van der Waals surface area contributed by atoms with Crippen LogP contribution >= 0.6 is 0 Å². The molecule has 1 aliphatic carbocycles. The van der Waals surface area contributed by atoms with Gasteiger partial charge in [-0.05, 0) is 70.9 Å². The van der Waals surface area contributed by atoms with E-state index < -0.39 is 5.60 Å². The summed E-state index contributed by atoms with van der Waals surface area (Å²) in [4.78, 5) is 15.6. The molecule has 4 saturated heterocycles. The van der Waals surface area contributed by atoms with Crippen molar-refractivity contribution >= 4 is 5.91 Å². The summed E-state index contributed by atoms with van der Waals surface area (Å²) < 4.78 is 12.4. The summed E-state index contributed by atoms with van der Waals surface area (Å²) in [5, 5.41) is 21.3. The minimum absolute atomic E-state index is 0.00546. The van der Waals surface area contributed by atoms with E-state index in [1.807, 2.05) is 6.07 Å². The summed E-state index contributed by atoms with van der Waals surface area (Å²) in [6.07, 6.45) is 6.19. The van der Waals surface area contributed by atoms with Gasteiger partial charge in [0.05, 0.1) is 18.3 Å². The lowest BCUT2D eigenvalue weighted by Gasteiger charge is -2.56. The van der Waals surface area contributed by atoms with Crippen LogP contribution in [0.15, 0.2) is 12.1 Å². The summed E-state index contributed by atoms with van der Waals surface area (Å²) in [5.74, 6) is 1.02. The van der Waals surface area contributed by atoms with Gasteiger partial charge in [0.2, 0.25) is 0 Å². The Labute approximate surface area is 177 Å². The summed E-state index contributed by atoms with van der Waals surface area (Å²) in [5.41, 5.74) is 0.875. The number of amides is 1. The second-order valence-electron chi connectivity index (χ2n) is 10.6. The van der Waals surface area contributed by atoms with Gasteiger partial charge in [-0.25, -0.2) is 0 Å². The molecule has 0 spiro atoms. The molecule has 6 nitrogen and oxygen atoms in total. The van der Waals surface area contributed by atoms with Gasteiger partial charge in [0.1, 0.15) is 17.1 Å². The fourth-order valence-corrected chi connectivity index (χ4v) is 7.18. The van der Waals surface area contributed by atoms with Crippen molar-refractivity contribution in [3.05, 3.63) is 23.3 Å². The van der Waals surface area contributed by atoms with Gasteiger partial charge in [0.15, 0.2) is 0 Å². The van der Waals surface area contributed by atoms with Crippen LogP contribution in [-0.4, -0.2) is 57.0 Å². The van der Waals surface area contributed by atoms with Crippen LogP contribution < -0.4 is 4.74 Å². The number of carbonyl (C=O) groups is 1. The number of phenolic OH excluding ortho intramolecular Hbond substituents is 1. The van der Waals surface area contributed by atoms with E-state index in [2.05, 4.69) is 18.7 Å². The number of nitrogens with zero attached hydrogens (tertiary/aromatic N) is 1. The van der Waals surface area contributed by atoms with Crippen molar-refractivity contribution in [2.24, 2.45) is 5.92 Å². The Morgan fingerprint density at radius 1 is 1.07 bits per heavy atom. The van der Waals surface area contributed by atoms with Gasteiger partial charge in [-0.15, -0.1) is 0 Å². The van der Waals surface area contributed by atoms with Crippen molar-refractivity contribution in [3.8, 4) is 11.5 Å². The predicted molar refractivity (Wildman–Crippen MR) is 110 cm³/mol. The molecular weight excluding hydrogens is 382 g/mol. The van der Waals surface area contributed by atoms with Gasteiger partial charge in [-0.2, -0.15) is 0 Å². The van der Waals surface area contributed by atoms with Crippen LogP contribution in [-0.2, 0) is 4.74 Å². The summed E-state index contributed by atoms with van der Waals surface area (Å²) in [7, 11) is 0. The molecule has 30 heavy (non-hydrogen) atoms. The molecule has 4 bridgehead atoms. The highest BCUT2D eigenvalue weighted by Crippen LogP contribution is 2.54. The number of rotatable bonds is 1. The molecule has 2 N–H and O–H groups in total. The van der Waals surface area contributed by atoms with Crippen LogP contribution in [0.25, 0.3) is 0 Å². The topological polar surface area (TPSA) is 79.2 Å². The fourth-order valence-electron chi connectivity index (χ4n) is 7.18. The third kappa shape index (κ3) is 2.72. The molecule has 7 rings (SSSR count). The van der Waals surface area contributed by atoms with E-state index in [4.69, 9.17) is 9.47 Å². The van der Waals surface area contributed by atoms with Crippen LogP contribution in [0.1, 0.15) is 80.6 Å². The molecule has 5 fully saturated rings. The number of aliphatic hydroxyl groups excluding tert-OH is 1. The number of hydrogen-bond donors (Lipinski definition) is 2. The molecule has 0 aromatic heterocycles. The highest BCUT2D eigenvalue weighted by Gasteiger charge is 2.51. The van der Waals surface area contributed by atoms with E-state index in [-0.39, 0.29) is 41.7 Å². The highest BCUT2D eigenvalue weighted by molar-refractivity contribution is 5.96. The standard InChI is InChI=1S/C24H31NO5/c1-24(2)19-4-3-15(26)11-18(19)22-20(27)5-12(6-21(22)30-24)23(28)25-13-7-16-9-14(25)10-17(8-13)29-16/h5-6,13-19,26-27H,3-4,7-11H2,1-2H3/t13?,14?,15-,16?,17?,18-,19-/m1/s1. The minimum Gasteiger partial charge on any atom is -0.507 e. The molecule has 1 aromatic carbocycles. The van der Waals surface area contributed by atoms with Gasteiger partial charge in [-0.3, -0.25) is 4.79 Å². The van der Waals surface area contributed by atoms with E-state index in [0.29, 0.717) is 29.9 Å². The molecule has 0 unspecified atom stereocenters. The normalized spacial score (nSPS) is 40.5. The summed E-state index contributed by atoms with van der Waals surface area (Å²) >= 11 is 0. The van der Waals surface area contributed by atoms with E-state index in [1.54, 1.807) is 6.07 Å². The van der Waals surface area contributed by atoms with Crippen molar-refractivity contribution in [1.29, 1.82) is 0 Å². The lowest BCUT2D eigenvalue weighted by molar-refractivity contribution is -0.169. The summed E-state index contributed by atoms with van der Waals surface area (Å²) in [6.45, 7) is 4.16. The van der Waals surface area contributed by atoms with Gasteiger partial charge >= 0.3 is 0 Å². The van der Waals surface area contributed by atoms with Crippen LogP contribution in [0.4, 0.5) is 0 Å². The number of hydrogen-bond acceptors (Lipinski definition) is 5. The zero-order valence-electron chi connectivity index (χ0n) is 17.7. The number of carbonyl (C=O) groups excluding carboxylic acids is 1. The molecular formula is C24H31NO5. The molecule has 5 heterocycles. The number of aliphatic hydroxyl groups is 1. The molecule has 162 valence electrons. The first-order valence-electron chi connectivity index (χ1n) is 11.5. The van der Waals surface area contributed by atoms with Crippen molar-refractivity contribution < 1.29 is 24.5 Å². The molecule has 6 aliphatic rings. The first kappa shape index (κ1) is 18.9. The van der Waals surface area contributed by atoms with Crippen molar-refractivity contribution in [2.75, 3.05) is 0 Å². The fraction of sp³-hybridized carbons (Fsp3) is 0.708. The van der Waals surface area contributed by atoms with E-state index >= 15 is 0 Å². The Morgan fingerprint density at radius 2 is 1.73 bits per heavy atom. The molecule has 1 saturated carbocycles. The molecule has 3 atom stereocenters. The molecule has 1 amide bonds. The first-order valence-corrected chi connectivity index (χ1v) is 11.5. The lowest BCUT2D eigenvalue weighted by atomic mass is 9.66. The van der Waals surface area contributed by atoms with E-state index in [9.17, 15) is 15.0 Å². The highest BCUT2D eigenvalue weighted by atomic mass is 16.5. The smallest absolute Gasteiger partial charge is 0.254 e. The zero-order valence-corrected chi connectivity index (χ0v) is 17.7. The number of benzene rings is 1. The number of aromatic hydroxyl groups is 1. The molecule has 1 aromatic rings. The second-order valence-corrected chi connectivity index (χ2v) is 10.6. The number of ether oxygens (including phenoxy) is 2. The number of fused-ring (bicyclic) bond motifs is 3. The number of phenols is 1. The minimum atomic E-state index is -0.397. The van der Waals surface area contributed by atoms with Crippen LogP contribution in [0.2, 0.25) is 0 Å². The largest absolute Gasteiger partial charge is 0.507 e. The maximum absolute atomic E-state index is 13.5. The van der Waals surface area contributed by atoms with Crippen molar-refractivity contribution in [2.45, 2.75) is 101 Å². The predicted octanol–water partition coefficient (Wildman–Crippen LogP) is 3.34. The van der Waals surface area contributed by atoms with Crippen LogP contribution in [0, 0.1) is 5.92 Å². The van der Waals surface area contributed by atoms with Gasteiger partial charge in [0.25, 0.3) is 5.91 Å².